The molecule has 7 heteroatoms. The number of thiophene rings is 1. The van der Waals surface area contributed by atoms with Crippen LogP contribution in [0.5, 0.6) is 11.5 Å². The Morgan fingerprint density at radius 2 is 2.05 bits per heavy atom. The van der Waals surface area contributed by atoms with Crippen molar-refractivity contribution in [3.63, 3.8) is 0 Å². The number of nitrogens with one attached hydrogen (secondary N) is 1. The standard InChI is InChI=1S/C13H13NO4S2/c15-20(16,13-2-1-7-19-13)14-6-5-10-3-4-11-12(8-10)18-9-17-11/h1-4,7-8,14H,5-6,9H2. The molecule has 0 spiro atoms. The first-order valence-electron chi connectivity index (χ1n) is 6.07. The number of hydrogen-bond donors (Lipinski definition) is 1. The van der Waals surface area contributed by atoms with Crippen molar-refractivity contribution in [2.45, 2.75) is 10.6 Å². The lowest BCUT2D eigenvalue weighted by Gasteiger charge is -2.05. The van der Waals surface area contributed by atoms with E-state index in [0.717, 1.165) is 11.3 Å². The summed E-state index contributed by atoms with van der Waals surface area (Å²) in [6, 6.07) is 8.94. The Hall–Kier alpha value is -1.57. The van der Waals surface area contributed by atoms with Gasteiger partial charge >= 0.3 is 0 Å². The number of sulfonamides is 1. The molecule has 1 aliphatic heterocycles. The summed E-state index contributed by atoms with van der Waals surface area (Å²) in [6.07, 6.45) is 0.598. The minimum atomic E-state index is -3.39. The minimum absolute atomic E-state index is 0.240. The van der Waals surface area contributed by atoms with Gasteiger partial charge in [-0.2, -0.15) is 0 Å². The topological polar surface area (TPSA) is 64.6 Å². The van der Waals surface area contributed by atoms with Crippen LogP contribution >= 0.6 is 11.3 Å². The van der Waals surface area contributed by atoms with Crippen LogP contribution in [0.25, 0.3) is 0 Å². The molecule has 0 aliphatic carbocycles. The first-order chi connectivity index (χ1) is 9.65. The molecular weight excluding hydrogens is 298 g/mol. The molecule has 0 fully saturated rings. The average Bonchev–Trinajstić information content (AvgIpc) is 3.09. The molecule has 1 aliphatic rings. The predicted molar refractivity (Wildman–Crippen MR) is 75.8 cm³/mol. The van der Waals surface area contributed by atoms with E-state index in [4.69, 9.17) is 9.47 Å². The third-order valence-electron chi connectivity index (χ3n) is 2.90. The van der Waals surface area contributed by atoms with Gasteiger partial charge in [-0.15, -0.1) is 11.3 Å². The van der Waals surface area contributed by atoms with Crippen LogP contribution in [0.4, 0.5) is 0 Å². The minimum Gasteiger partial charge on any atom is -0.454 e. The lowest BCUT2D eigenvalue weighted by atomic mass is 10.1. The Labute approximate surface area is 121 Å². The first-order valence-corrected chi connectivity index (χ1v) is 8.43. The maximum absolute atomic E-state index is 11.9. The van der Waals surface area contributed by atoms with Crippen molar-refractivity contribution < 1.29 is 17.9 Å². The lowest BCUT2D eigenvalue weighted by Crippen LogP contribution is -2.25. The second kappa shape index (κ2) is 5.43. The summed E-state index contributed by atoms with van der Waals surface area (Å²) in [5, 5.41) is 1.74. The number of fused-ring (bicyclic) bond motifs is 1. The highest BCUT2D eigenvalue weighted by Crippen LogP contribution is 2.32. The molecule has 0 unspecified atom stereocenters. The molecule has 1 aromatic heterocycles. The number of rotatable bonds is 5. The summed E-state index contributed by atoms with van der Waals surface area (Å²) >= 11 is 1.21. The van der Waals surface area contributed by atoms with Crippen molar-refractivity contribution in [1.29, 1.82) is 0 Å². The predicted octanol–water partition coefficient (Wildman–Crippen LogP) is 2.00. The van der Waals surface area contributed by atoms with Crippen LogP contribution in [-0.4, -0.2) is 21.8 Å². The second-order valence-electron chi connectivity index (χ2n) is 4.27. The van der Waals surface area contributed by atoms with Gasteiger partial charge < -0.3 is 9.47 Å². The van der Waals surface area contributed by atoms with Crippen molar-refractivity contribution >= 4 is 21.4 Å². The molecule has 2 aromatic rings. The van der Waals surface area contributed by atoms with Gasteiger partial charge in [0.2, 0.25) is 16.8 Å². The van der Waals surface area contributed by atoms with Crippen LogP contribution in [0.1, 0.15) is 5.56 Å². The molecule has 106 valence electrons. The van der Waals surface area contributed by atoms with Crippen molar-refractivity contribution in [1.82, 2.24) is 4.72 Å². The second-order valence-corrected chi connectivity index (χ2v) is 7.21. The van der Waals surface area contributed by atoms with E-state index in [1.807, 2.05) is 18.2 Å². The van der Waals surface area contributed by atoms with Gasteiger partial charge in [0.25, 0.3) is 0 Å². The number of benzene rings is 1. The van der Waals surface area contributed by atoms with E-state index in [2.05, 4.69) is 4.72 Å². The van der Waals surface area contributed by atoms with Crippen molar-refractivity contribution in [2.24, 2.45) is 0 Å². The van der Waals surface area contributed by atoms with Crippen LogP contribution in [0.15, 0.2) is 39.9 Å². The third kappa shape index (κ3) is 2.79. The smallest absolute Gasteiger partial charge is 0.250 e. The van der Waals surface area contributed by atoms with E-state index in [-0.39, 0.29) is 6.79 Å². The fraction of sp³-hybridized carbons (Fsp3) is 0.231. The van der Waals surface area contributed by atoms with Crippen LogP contribution in [0.2, 0.25) is 0 Å². The van der Waals surface area contributed by atoms with Crippen LogP contribution in [0, 0.1) is 0 Å². The highest BCUT2D eigenvalue weighted by atomic mass is 32.2. The van der Waals surface area contributed by atoms with Crippen LogP contribution < -0.4 is 14.2 Å². The monoisotopic (exact) mass is 311 g/mol. The Bertz CT molecular complexity index is 695. The fourth-order valence-electron chi connectivity index (χ4n) is 1.91. The summed E-state index contributed by atoms with van der Waals surface area (Å²) < 4.78 is 37.3. The van der Waals surface area contributed by atoms with Crippen molar-refractivity contribution in [2.75, 3.05) is 13.3 Å². The molecule has 0 bridgehead atoms. The van der Waals surface area contributed by atoms with Gasteiger partial charge in [0.05, 0.1) is 0 Å². The fourth-order valence-corrected chi connectivity index (χ4v) is 3.98. The van der Waals surface area contributed by atoms with Gasteiger partial charge in [0.15, 0.2) is 11.5 Å². The summed E-state index contributed by atoms with van der Waals surface area (Å²) in [5.41, 5.74) is 1.00. The number of hydrogen-bond acceptors (Lipinski definition) is 5. The van der Waals surface area contributed by atoms with E-state index in [9.17, 15) is 8.42 Å². The summed E-state index contributed by atoms with van der Waals surface area (Å²) in [4.78, 5) is 0. The van der Waals surface area contributed by atoms with E-state index < -0.39 is 10.0 Å². The summed E-state index contributed by atoms with van der Waals surface area (Å²) in [5.74, 6) is 1.44. The van der Waals surface area contributed by atoms with Gasteiger partial charge in [-0.25, -0.2) is 13.1 Å². The molecule has 0 atom stereocenters. The highest BCUT2D eigenvalue weighted by Gasteiger charge is 2.15. The zero-order chi connectivity index (χ0) is 14.0. The number of ether oxygens (including phenoxy) is 2. The Kier molecular flexibility index (Phi) is 3.64. The highest BCUT2D eigenvalue weighted by molar-refractivity contribution is 7.91. The Morgan fingerprint density at radius 3 is 2.85 bits per heavy atom. The largest absolute Gasteiger partial charge is 0.454 e. The van der Waals surface area contributed by atoms with Crippen LogP contribution in [-0.2, 0) is 16.4 Å². The molecule has 2 heterocycles. The molecule has 5 nitrogen and oxygen atoms in total. The van der Waals surface area contributed by atoms with Gasteiger partial charge in [0, 0.05) is 6.54 Å². The third-order valence-corrected chi connectivity index (χ3v) is 5.76. The molecular formula is C13H13NO4S2. The van der Waals surface area contributed by atoms with E-state index in [0.29, 0.717) is 22.9 Å². The van der Waals surface area contributed by atoms with E-state index in [1.54, 1.807) is 17.5 Å². The van der Waals surface area contributed by atoms with Gasteiger partial charge in [0.1, 0.15) is 4.21 Å². The Balaban J connectivity index is 1.60. The summed E-state index contributed by atoms with van der Waals surface area (Å²) in [7, 11) is -3.39. The van der Waals surface area contributed by atoms with Crippen molar-refractivity contribution in [3.8, 4) is 11.5 Å². The molecule has 0 amide bonds. The van der Waals surface area contributed by atoms with Crippen molar-refractivity contribution in [3.05, 3.63) is 41.3 Å². The SMILES string of the molecule is O=S(=O)(NCCc1ccc2c(c1)OCO2)c1cccs1. The quantitative estimate of drug-likeness (QED) is 0.917. The lowest BCUT2D eigenvalue weighted by molar-refractivity contribution is 0.174. The molecule has 0 saturated carbocycles. The van der Waals surface area contributed by atoms with E-state index >= 15 is 0 Å². The Morgan fingerprint density at radius 1 is 1.20 bits per heavy atom. The molecule has 0 saturated heterocycles. The average molecular weight is 311 g/mol. The molecule has 1 N–H and O–H groups in total. The molecule has 1 aromatic carbocycles. The maximum atomic E-state index is 11.9. The molecule has 20 heavy (non-hydrogen) atoms. The van der Waals surface area contributed by atoms with Crippen LogP contribution in [0.3, 0.4) is 0 Å². The maximum Gasteiger partial charge on any atom is 0.250 e. The van der Waals surface area contributed by atoms with Gasteiger partial charge in [-0.1, -0.05) is 12.1 Å². The molecule has 0 radical (unpaired) electrons. The summed E-state index contributed by atoms with van der Waals surface area (Å²) in [6.45, 7) is 0.587. The van der Waals surface area contributed by atoms with Gasteiger partial charge in [-0.05, 0) is 35.6 Å². The zero-order valence-corrected chi connectivity index (χ0v) is 12.2. The zero-order valence-electron chi connectivity index (χ0n) is 10.5. The first kappa shape index (κ1) is 13.4. The molecule has 3 rings (SSSR count). The van der Waals surface area contributed by atoms with Gasteiger partial charge in [-0.3, -0.25) is 0 Å². The van der Waals surface area contributed by atoms with E-state index in [1.165, 1.54) is 11.3 Å². The normalized spacial score (nSPS) is 13.6.